The number of hydrogen-bond donors (Lipinski definition) is 0. The molecule has 5 heteroatoms. The molecule has 22 heavy (non-hydrogen) atoms. The highest BCUT2D eigenvalue weighted by atomic mass is 16.5. The molecule has 0 spiro atoms. The fraction of sp³-hybridized carbons (Fsp3) is 0.412. The summed E-state index contributed by atoms with van der Waals surface area (Å²) in [6.07, 6.45) is 3.30. The fourth-order valence-corrected chi connectivity index (χ4v) is 3.14. The Bertz CT molecular complexity index is 712. The second-order valence-corrected chi connectivity index (χ2v) is 5.75. The van der Waals surface area contributed by atoms with E-state index >= 15 is 0 Å². The van der Waals surface area contributed by atoms with Gasteiger partial charge in [-0.3, -0.25) is 9.59 Å². The van der Waals surface area contributed by atoms with Crippen LogP contribution in [0.5, 0.6) is 0 Å². The normalized spacial score (nSPS) is 16.0. The number of aryl methyl sites for hydroxylation is 1. The molecule has 1 aliphatic heterocycles. The number of amides is 1. The first kappa shape index (κ1) is 14.6. The number of carbonyl (C=O) groups excluding carboxylic acids is 2. The van der Waals surface area contributed by atoms with Gasteiger partial charge in [0.05, 0.1) is 13.0 Å². The topological polar surface area (TPSA) is 51.5 Å². The molecule has 1 fully saturated rings. The van der Waals surface area contributed by atoms with Crippen molar-refractivity contribution in [2.75, 3.05) is 20.2 Å². The van der Waals surface area contributed by atoms with E-state index in [0.717, 1.165) is 16.5 Å². The van der Waals surface area contributed by atoms with E-state index in [0.29, 0.717) is 25.9 Å². The van der Waals surface area contributed by atoms with Gasteiger partial charge in [-0.15, -0.1) is 0 Å². The molecule has 1 saturated heterocycles. The number of rotatable bonds is 2. The van der Waals surface area contributed by atoms with Gasteiger partial charge in [-0.25, -0.2) is 0 Å². The van der Waals surface area contributed by atoms with Crippen LogP contribution in [-0.4, -0.2) is 41.5 Å². The third kappa shape index (κ3) is 2.47. The molecule has 1 aromatic carbocycles. The number of nitrogens with zero attached hydrogens (tertiary/aromatic N) is 2. The van der Waals surface area contributed by atoms with Gasteiger partial charge in [0, 0.05) is 42.8 Å². The fourth-order valence-electron chi connectivity index (χ4n) is 3.14. The zero-order chi connectivity index (χ0) is 15.7. The van der Waals surface area contributed by atoms with E-state index < -0.39 is 0 Å². The highest BCUT2D eigenvalue weighted by molar-refractivity contribution is 6.06. The van der Waals surface area contributed by atoms with Crippen LogP contribution in [0.2, 0.25) is 0 Å². The van der Waals surface area contributed by atoms with Crippen LogP contribution in [0.25, 0.3) is 10.9 Å². The van der Waals surface area contributed by atoms with Gasteiger partial charge >= 0.3 is 5.97 Å². The number of ether oxygens (including phenoxy) is 1. The van der Waals surface area contributed by atoms with Crippen molar-refractivity contribution in [2.45, 2.75) is 12.8 Å². The third-order valence-electron chi connectivity index (χ3n) is 4.48. The summed E-state index contributed by atoms with van der Waals surface area (Å²) in [6, 6.07) is 7.77. The van der Waals surface area contributed by atoms with Crippen molar-refractivity contribution >= 4 is 22.8 Å². The van der Waals surface area contributed by atoms with E-state index in [1.807, 2.05) is 47.0 Å². The van der Waals surface area contributed by atoms with Gasteiger partial charge in [0.2, 0.25) is 0 Å². The van der Waals surface area contributed by atoms with E-state index in [1.165, 1.54) is 7.11 Å². The van der Waals surface area contributed by atoms with Gasteiger partial charge < -0.3 is 14.2 Å². The first-order valence-corrected chi connectivity index (χ1v) is 7.53. The molecule has 0 unspecified atom stereocenters. The Labute approximate surface area is 129 Å². The summed E-state index contributed by atoms with van der Waals surface area (Å²) in [6.45, 7) is 1.20. The Morgan fingerprint density at radius 2 is 1.91 bits per heavy atom. The quantitative estimate of drug-likeness (QED) is 0.799. The summed E-state index contributed by atoms with van der Waals surface area (Å²) in [5.41, 5.74) is 1.78. The molecule has 3 rings (SSSR count). The minimum absolute atomic E-state index is 0.0418. The van der Waals surface area contributed by atoms with Crippen LogP contribution in [0.3, 0.4) is 0 Å². The lowest BCUT2D eigenvalue weighted by atomic mass is 9.96. The maximum atomic E-state index is 12.8. The van der Waals surface area contributed by atoms with Gasteiger partial charge in [0.25, 0.3) is 5.91 Å². The summed E-state index contributed by atoms with van der Waals surface area (Å²) in [5, 5.41) is 0.977. The predicted octanol–water partition coefficient (Wildman–Crippen LogP) is 2.20. The molecule has 5 nitrogen and oxygen atoms in total. The lowest BCUT2D eigenvalue weighted by Crippen LogP contribution is -2.40. The molecule has 0 radical (unpaired) electrons. The number of carbonyl (C=O) groups is 2. The van der Waals surface area contributed by atoms with Crippen molar-refractivity contribution in [2.24, 2.45) is 13.0 Å². The molecular weight excluding hydrogens is 280 g/mol. The minimum atomic E-state index is -0.169. The first-order chi connectivity index (χ1) is 10.6. The molecule has 1 amide bonds. The molecule has 0 aliphatic carbocycles. The van der Waals surface area contributed by atoms with Crippen molar-refractivity contribution in [1.29, 1.82) is 0 Å². The number of methoxy groups -OCH3 is 1. The molecular formula is C17H20N2O3. The van der Waals surface area contributed by atoms with Crippen molar-refractivity contribution in [3.63, 3.8) is 0 Å². The number of piperidine rings is 1. The predicted molar refractivity (Wildman–Crippen MR) is 83.6 cm³/mol. The van der Waals surface area contributed by atoms with Crippen LogP contribution in [0, 0.1) is 5.92 Å². The van der Waals surface area contributed by atoms with Crippen molar-refractivity contribution in [1.82, 2.24) is 9.47 Å². The van der Waals surface area contributed by atoms with Crippen LogP contribution in [-0.2, 0) is 16.6 Å². The highest BCUT2D eigenvalue weighted by Gasteiger charge is 2.28. The number of fused-ring (bicyclic) bond motifs is 1. The standard InChI is InChI=1S/C17H20N2O3/c1-18-9-8-13-14(4-3-5-15(13)18)16(20)19-10-6-12(7-11-19)17(21)22-2/h3-5,8-9,12H,6-7,10-11H2,1-2H3. The summed E-state index contributed by atoms with van der Waals surface area (Å²) in [5.74, 6) is -0.209. The Kier molecular flexibility index (Phi) is 3.88. The second kappa shape index (κ2) is 5.83. The van der Waals surface area contributed by atoms with Crippen LogP contribution in [0.1, 0.15) is 23.2 Å². The maximum absolute atomic E-state index is 12.8. The lowest BCUT2D eigenvalue weighted by Gasteiger charge is -2.30. The SMILES string of the molecule is COC(=O)C1CCN(C(=O)c2cccc3c2ccn3C)CC1. The summed E-state index contributed by atoms with van der Waals surface area (Å²) < 4.78 is 6.79. The van der Waals surface area contributed by atoms with Crippen LogP contribution in [0.15, 0.2) is 30.5 Å². The summed E-state index contributed by atoms with van der Waals surface area (Å²) in [4.78, 5) is 26.2. The first-order valence-electron chi connectivity index (χ1n) is 7.53. The van der Waals surface area contributed by atoms with Gasteiger partial charge in [-0.05, 0) is 31.0 Å². The van der Waals surface area contributed by atoms with Crippen LogP contribution >= 0.6 is 0 Å². The van der Waals surface area contributed by atoms with Gasteiger partial charge in [0.1, 0.15) is 0 Å². The number of likely N-dealkylation sites (tertiary alicyclic amines) is 1. The van der Waals surface area contributed by atoms with Crippen molar-refractivity contribution < 1.29 is 14.3 Å². The molecule has 0 N–H and O–H groups in total. The molecule has 0 atom stereocenters. The largest absolute Gasteiger partial charge is 0.469 e. The molecule has 0 bridgehead atoms. The van der Waals surface area contributed by atoms with Crippen molar-refractivity contribution in [3.8, 4) is 0 Å². The maximum Gasteiger partial charge on any atom is 0.308 e. The Morgan fingerprint density at radius 3 is 2.59 bits per heavy atom. The number of aromatic nitrogens is 1. The smallest absolute Gasteiger partial charge is 0.308 e. The molecule has 2 heterocycles. The van der Waals surface area contributed by atoms with E-state index in [4.69, 9.17) is 4.74 Å². The molecule has 1 aromatic heterocycles. The van der Waals surface area contributed by atoms with Crippen molar-refractivity contribution in [3.05, 3.63) is 36.0 Å². The monoisotopic (exact) mass is 300 g/mol. The summed E-state index contributed by atoms with van der Waals surface area (Å²) >= 11 is 0. The zero-order valence-corrected chi connectivity index (χ0v) is 12.9. The van der Waals surface area contributed by atoms with Gasteiger partial charge in [-0.2, -0.15) is 0 Å². The Balaban J connectivity index is 1.78. The van der Waals surface area contributed by atoms with E-state index in [-0.39, 0.29) is 17.8 Å². The molecule has 1 aliphatic rings. The molecule has 116 valence electrons. The second-order valence-electron chi connectivity index (χ2n) is 5.75. The van der Waals surface area contributed by atoms with E-state index in [1.54, 1.807) is 0 Å². The van der Waals surface area contributed by atoms with Gasteiger partial charge in [0.15, 0.2) is 0 Å². The number of hydrogen-bond acceptors (Lipinski definition) is 3. The molecule has 0 saturated carbocycles. The van der Waals surface area contributed by atoms with E-state index in [9.17, 15) is 9.59 Å². The average molecular weight is 300 g/mol. The number of esters is 1. The lowest BCUT2D eigenvalue weighted by molar-refractivity contribution is -0.146. The summed E-state index contributed by atoms with van der Waals surface area (Å²) in [7, 11) is 3.38. The minimum Gasteiger partial charge on any atom is -0.469 e. The molecule has 2 aromatic rings. The van der Waals surface area contributed by atoms with Gasteiger partial charge in [-0.1, -0.05) is 6.07 Å². The van der Waals surface area contributed by atoms with Crippen LogP contribution in [0.4, 0.5) is 0 Å². The third-order valence-corrected chi connectivity index (χ3v) is 4.48. The Hall–Kier alpha value is -2.30. The number of benzene rings is 1. The highest BCUT2D eigenvalue weighted by Crippen LogP contribution is 2.24. The zero-order valence-electron chi connectivity index (χ0n) is 12.9. The average Bonchev–Trinajstić information content (AvgIpc) is 2.95. The Morgan fingerprint density at radius 1 is 1.18 bits per heavy atom. The van der Waals surface area contributed by atoms with Crippen LogP contribution < -0.4 is 0 Å². The van der Waals surface area contributed by atoms with E-state index in [2.05, 4.69) is 0 Å².